The highest BCUT2D eigenvalue weighted by atomic mass is 19.4. The zero-order chi connectivity index (χ0) is 13.1. The number of para-hydroxylation sites is 1. The smallest absolute Gasteiger partial charge is 0.506 e. The van der Waals surface area contributed by atoms with Crippen LogP contribution >= 0.6 is 0 Å². The number of rotatable bonds is 4. The molecule has 10 heteroatoms. The number of benzene rings is 1. The molecule has 0 radical (unpaired) electrons. The van der Waals surface area contributed by atoms with Crippen molar-refractivity contribution in [1.29, 1.82) is 0 Å². The Morgan fingerprint density at radius 3 is 2.18 bits per heavy atom. The molecule has 3 N–H and O–H groups in total. The standard InChI is InChI=1S/C7H6BF3O6/c9-7(10,11)4-2-1-3-5(12)6(4)15-8(16-13)17-14/h1-3,12-14H. The van der Waals surface area contributed by atoms with Gasteiger partial charge in [0.25, 0.3) is 0 Å². The van der Waals surface area contributed by atoms with Crippen LogP contribution in [0.4, 0.5) is 13.2 Å². The largest absolute Gasteiger partial charge is 0.770 e. The fourth-order valence-electron chi connectivity index (χ4n) is 1.03. The average molecular weight is 254 g/mol. The molecule has 0 aromatic heterocycles. The number of phenolic OH excluding ortho intramolecular Hbond substituents is 1. The first kappa shape index (κ1) is 13.6. The average Bonchev–Trinajstić information content (AvgIpc) is 2.26. The van der Waals surface area contributed by atoms with Crippen LogP contribution in [-0.4, -0.2) is 22.9 Å². The lowest BCUT2D eigenvalue weighted by atomic mass is 10.1. The number of hydrogen-bond donors (Lipinski definition) is 3. The molecule has 0 fully saturated rings. The minimum atomic E-state index is -4.80. The minimum absolute atomic E-state index is 0.626. The van der Waals surface area contributed by atoms with Gasteiger partial charge >= 0.3 is 13.5 Å². The Morgan fingerprint density at radius 2 is 1.71 bits per heavy atom. The summed E-state index contributed by atoms with van der Waals surface area (Å²) in [5.74, 6) is -1.91. The maximum atomic E-state index is 12.5. The maximum absolute atomic E-state index is 12.5. The van der Waals surface area contributed by atoms with Gasteiger partial charge < -0.3 is 9.76 Å². The van der Waals surface area contributed by atoms with Crippen molar-refractivity contribution in [2.24, 2.45) is 0 Å². The minimum Gasteiger partial charge on any atom is -0.506 e. The Bertz CT molecular complexity index is 380. The van der Waals surface area contributed by atoms with Crippen LogP contribution in [-0.2, 0) is 15.8 Å². The van der Waals surface area contributed by atoms with Crippen molar-refractivity contribution < 1.29 is 43.1 Å². The predicted octanol–water partition coefficient (Wildman–Crippen LogP) is 1.75. The van der Waals surface area contributed by atoms with Gasteiger partial charge in [-0.3, -0.25) is 10.5 Å². The molecule has 0 saturated carbocycles. The Morgan fingerprint density at radius 1 is 1.12 bits per heavy atom. The van der Waals surface area contributed by atoms with Crippen LogP contribution < -0.4 is 4.65 Å². The molecule has 0 aliphatic carbocycles. The molecular weight excluding hydrogens is 248 g/mol. The molecule has 0 amide bonds. The molecule has 6 nitrogen and oxygen atoms in total. The van der Waals surface area contributed by atoms with Crippen LogP contribution in [0.1, 0.15) is 5.56 Å². The van der Waals surface area contributed by atoms with Crippen molar-refractivity contribution in [2.45, 2.75) is 6.18 Å². The molecule has 1 aromatic rings. The van der Waals surface area contributed by atoms with Gasteiger partial charge in [-0.2, -0.15) is 13.2 Å². The Balaban J connectivity index is 3.12. The van der Waals surface area contributed by atoms with Crippen LogP contribution in [0.2, 0.25) is 0 Å². The summed E-state index contributed by atoms with van der Waals surface area (Å²) in [6.45, 7) is 0. The number of aromatic hydroxyl groups is 1. The lowest BCUT2D eigenvalue weighted by Crippen LogP contribution is -2.29. The van der Waals surface area contributed by atoms with E-state index in [1.54, 1.807) is 0 Å². The second-order valence-electron chi connectivity index (χ2n) is 2.77. The van der Waals surface area contributed by atoms with E-state index in [9.17, 15) is 18.3 Å². The van der Waals surface area contributed by atoms with Gasteiger partial charge in [-0.05, 0) is 12.1 Å². The van der Waals surface area contributed by atoms with Gasteiger partial charge in [0, 0.05) is 0 Å². The molecule has 0 aliphatic rings. The summed E-state index contributed by atoms with van der Waals surface area (Å²) < 4.78 is 41.8. The molecule has 0 aliphatic heterocycles. The monoisotopic (exact) mass is 254 g/mol. The van der Waals surface area contributed by atoms with Crippen molar-refractivity contribution in [3.63, 3.8) is 0 Å². The van der Waals surface area contributed by atoms with Crippen molar-refractivity contribution in [3.05, 3.63) is 23.8 Å². The molecule has 0 spiro atoms. The van der Waals surface area contributed by atoms with Gasteiger partial charge in [-0.15, -0.1) is 0 Å². The summed E-state index contributed by atoms with van der Waals surface area (Å²) >= 11 is 0. The van der Waals surface area contributed by atoms with Crippen molar-refractivity contribution >= 4 is 7.32 Å². The number of hydrogen-bond acceptors (Lipinski definition) is 6. The zero-order valence-corrected chi connectivity index (χ0v) is 8.01. The third-order valence-electron chi connectivity index (χ3n) is 1.69. The second kappa shape index (κ2) is 5.23. The molecule has 0 unspecified atom stereocenters. The molecule has 94 valence electrons. The normalized spacial score (nSPS) is 11.4. The molecular formula is C7H6BF3O6. The first-order valence-corrected chi connectivity index (χ1v) is 4.06. The summed E-state index contributed by atoms with van der Waals surface area (Å²) in [5.41, 5.74) is -1.32. The van der Waals surface area contributed by atoms with Crippen molar-refractivity contribution in [3.8, 4) is 11.5 Å². The van der Waals surface area contributed by atoms with Gasteiger partial charge in [-0.1, -0.05) is 6.07 Å². The highest BCUT2D eigenvalue weighted by molar-refractivity contribution is 6.36. The predicted molar refractivity (Wildman–Crippen MR) is 46.9 cm³/mol. The zero-order valence-electron chi connectivity index (χ0n) is 8.01. The van der Waals surface area contributed by atoms with E-state index in [0.717, 1.165) is 12.1 Å². The van der Waals surface area contributed by atoms with E-state index in [1.807, 2.05) is 0 Å². The second-order valence-corrected chi connectivity index (χ2v) is 2.77. The van der Waals surface area contributed by atoms with E-state index in [2.05, 4.69) is 14.3 Å². The topological polar surface area (TPSA) is 88.4 Å². The van der Waals surface area contributed by atoms with Crippen molar-refractivity contribution in [2.75, 3.05) is 0 Å². The first-order chi connectivity index (χ1) is 7.90. The van der Waals surface area contributed by atoms with Crippen LogP contribution in [0.3, 0.4) is 0 Å². The van der Waals surface area contributed by atoms with Gasteiger partial charge in [-0.25, -0.2) is 9.61 Å². The third kappa shape index (κ3) is 3.23. The summed E-state index contributed by atoms with van der Waals surface area (Å²) in [5, 5.41) is 25.4. The highest BCUT2D eigenvalue weighted by Gasteiger charge is 2.38. The summed E-state index contributed by atoms with van der Waals surface area (Å²) in [7, 11) is -2.22. The summed E-state index contributed by atoms with van der Waals surface area (Å²) in [4.78, 5) is 6.71. The summed E-state index contributed by atoms with van der Waals surface area (Å²) in [6.07, 6.45) is -4.80. The van der Waals surface area contributed by atoms with E-state index < -0.39 is 30.6 Å². The SMILES string of the molecule is OOB(OO)Oc1c(O)cccc1C(F)(F)F. The van der Waals surface area contributed by atoms with Crippen molar-refractivity contribution in [1.82, 2.24) is 0 Å². The third-order valence-corrected chi connectivity index (χ3v) is 1.69. The van der Waals surface area contributed by atoms with E-state index in [1.165, 1.54) is 0 Å². The quantitative estimate of drug-likeness (QED) is 0.431. The Labute approximate surface area is 92.8 Å². The molecule has 1 aromatic carbocycles. The van der Waals surface area contributed by atoms with Crippen LogP contribution in [0, 0.1) is 0 Å². The Kier molecular flexibility index (Phi) is 4.18. The fraction of sp³-hybridized carbons (Fsp3) is 0.143. The van der Waals surface area contributed by atoms with Crippen LogP contribution in [0.25, 0.3) is 0 Å². The number of phenols is 1. The summed E-state index contributed by atoms with van der Waals surface area (Å²) in [6, 6.07) is 2.48. The molecule has 17 heavy (non-hydrogen) atoms. The Hall–Kier alpha value is -1.49. The molecule has 1 rings (SSSR count). The molecule has 0 heterocycles. The van der Waals surface area contributed by atoms with Crippen LogP contribution in [0.15, 0.2) is 18.2 Å². The van der Waals surface area contributed by atoms with Gasteiger partial charge in [0.15, 0.2) is 11.5 Å². The van der Waals surface area contributed by atoms with Gasteiger partial charge in [0.1, 0.15) is 0 Å². The van der Waals surface area contributed by atoms with E-state index >= 15 is 0 Å². The lowest BCUT2D eigenvalue weighted by molar-refractivity contribution is -0.243. The molecule has 0 bridgehead atoms. The maximum Gasteiger partial charge on any atom is 0.770 e. The first-order valence-electron chi connectivity index (χ1n) is 4.06. The van der Waals surface area contributed by atoms with Crippen LogP contribution in [0.5, 0.6) is 11.5 Å². The number of halogens is 3. The fourth-order valence-corrected chi connectivity index (χ4v) is 1.03. The van der Waals surface area contributed by atoms with Gasteiger partial charge in [0.05, 0.1) is 5.56 Å². The molecule has 0 saturated heterocycles. The van der Waals surface area contributed by atoms with E-state index in [0.29, 0.717) is 6.07 Å². The highest BCUT2D eigenvalue weighted by Crippen LogP contribution is 2.41. The lowest BCUT2D eigenvalue weighted by Gasteiger charge is -2.15. The van der Waals surface area contributed by atoms with E-state index in [4.69, 9.17) is 10.5 Å². The van der Waals surface area contributed by atoms with E-state index in [-0.39, 0.29) is 0 Å². The molecule has 0 atom stereocenters. The van der Waals surface area contributed by atoms with Gasteiger partial charge in [0.2, 0.25) is 0 Å². The number of alkyl halides is 3.